The lowest BCUT2D eigenvalue weighted by molar-refractivity contribution is -0.119. The molecule has 0 saturated carbocycles. The fourth-order valence-corrected chi connectivity index (χ4v) is 3.55. The molecule has 0 unspecified atom stereocenters. The van der Waals surface area contributed by atoms with E-state index in [-0.39, 0.29) is 24.5 Å². The molecule has 0 radical (unpaired) electrons. The topological polar surface area (TPSA) is 79.0 Å². The van der Waals surface area contributed by atoms with Gasteiger partial charge in [-0.25, -0.2) is 4.79 Å². The number of likely N-dealkylation sites (N-methyl/N-ethyl adjacent to an activating group) is 1. The Bertz CT molecular complexity index is 1010. The van der Waals surface area contributed by atoms with Gasteiger partial charge in [0.25, 0.3) is 5.91 Å². The summed E-state index contributed by atoms with van der Waals surface area (Å²) in [6.45, 7) is 2.08. The highest BCUT2D eigenvalue weighted by Crippen LogP contribution is 2.36. The van der Waals surface area contributed by atoms with Gasteiger partial charge in [0, 0.05) is 30.8 Å². The number of fused-ring (bicyclic) bond motifs is 1. The number of hydrogen-bond acceptors (Lipinski definition) is 4. The summed E-state index contributed by atoms with van der Waals surface area (Å²) in [4.78, 5) is 38.9. The zero-order valence-electron chi connectivity index (χ0n) is 16.2. The molecule has 2 aromatic carbocycles. The predicted octanol–water partition coefficient (Wildman–Crippen LogP) is 2.66. The van der Waals surface area contributed by atoms with E-state index in [0.29, 0.717) is 17.8 Å². The Balaban J connectivity index is 1.52. The maximum absolute atomic E-state index is 12.6. The van der Waals surface area contributed by atoms with E-state index in [1.54, 1.807) is 11.9 Å². The molecule has 2 aliphatic rings. The zero-order valence-corrected chi connectivity index (χ0v) is 16.2. The number of nitrogens with one attached hydrogen (secondary N) is 1. The van der Waals surface area contributed by atoms with E-state index in [1.807, 2.05) is 54.6 Å². The lowest BCUT2D eigenvalue weighted by Crippen LogP contribution is -2.33. The highest BCUT2D eigenvalue weighted by molar-refractivity contribution is 6.35. The van der Waals surface area contributed by atoms with Crippen LogP contribution in [0.2, 0.25) is 0 Å². The van der Waals surface area contributed by atoms with E-state index in [1.165, 1.54) is 11.8 Å². The molecule has 1 atom stereocenters. The van der Waals surface area contributed by atoms with Crippen molar-refractivity contribution in [1.82, 2.24) is 5.32 Å². The molecule has 29 heavy (non-hydrogen) atoms. The molecule has 0 aromatic heterocycles. The normalized spacial score (nSPS) is 19.5. The van der Waals surface area contributed by atoms with Crippen LogP contribution in [0.4, 0.5) is 16.2 Å². The first-order valence-electron chi connectivity index (χ1n) is 9.36. The van der Waals surface area contributed by atoms with Crippen LogP contribution >= 0.6 is 0 Å². The lowest BCUT2D eigenvalue weighted by atomic mass is 10.0. The summed E-state index contributed by atoms with van der Waals surface area (Å²) in [5.74, 6) is -0.204. The summed E-state index contributed by atoms with van der Waals surface area (Å²) in [5.41, 5.74) is 4.02. The van der Waals surface area contributed by atoms with Crippen LogP contribution in [0.3, 0.4) is 0 Å². The summed E-state index contributed by atoms with van der Waals surface area (Å²) in [6.07, 6.45) is 1.04. The fourth-order valence-electron chi connectivity index (χ4n) is 3.55. The molecular weight excluding hydrogens is 370 g/mol. The predicted molar refractivity (Wildman–Crippen MR) is 110 cm³/mol. The van der Waals surface area contributed by atoms with Crippen molar-refractivity contribution in [3.63, 3.8) is 0 Å². The van der Waals surface area contributed by atoms with Gasteiger partial charge in [-0.05, 0) is 29.8 Å². The van der Waals surface area contributed by atoms with Gasteiger partial charge < -0.3 is 15.0 Å². The van der Waals surface area contributed by atoms with E-state index >= 15 is 0 Å². The number of nitrogens with zero attached hydrogens (tertiary/aromatic N) is 2. The number of cyclic esters (lactones) is 1. The molecule has 7 heteroatoms. The highest BCUT2D eigenvalue weighted by Gasteiger charge is 2.32. The second kappa shape index (κ2) is 7.43. The summed E-state index contributed by atoms with van der Waals surface area (Å²) in [7, 11) is 1.77. The first-order valence-corrected chi connectivity index (χ1v) is 9.36. The van der Waals surface area contributed by atoms with E-state index in [4.69, 9.17) is 4.74 Å². The molecule has 4 rings (SSSR count). The molecule has 0 spiro atoms. The van der Waals surface area contributed by atoms with Crippen molar-refractivity contribution in [1.29, 1.82) is 0 Å². The largest absolute Gasteiger partial charge is 0.442 e. The number of carbonyl (C=O) groups excluding carboxylic acids is 3. The number of ether oxygens (including phenoxy) is 1. The van der Waals surface area contributed by atoms with Gasteiger partial charge in [0.2, 0.25) is 5.91 Å². The van der Waals surface area contributed by atoms with E-state index < -0.39 is 6.09 Å². The summed E-state index contributed by atoms with van der Waals surface area (Å²) < 4.78 is 5.29. The third-order valence-corrected chi connectivity index (χ3v) is 5.06. The van der Waals surface area contributed by atoms with Crippen molar-refractivity contribution < 1.29 is 19.1 Å². The van der Waals surface area contributed by atoms with Gasteiger partial charge in [-0.1, -0.05) is 30.3 Å². The first-order chi connectivity index (χ1) is 13.9. The Labute approximate surface area is 168 Å². The van der Waals surface area contributed by atoms with Gasteiger partial charge in [-0.2, -0.15) is 0 Å². The van der Waals surface area contributed by atoms with Crippen molar-refractivity contribution in [3.8, 4) is 0 Å². The number of rotatable bonds is 4. The first kappa shape index (κ1) is 18.7. The van der Waals surface area contributed by atoms with Gasteiger partial charge in [-0.3, -0.25) is 14.5 Å². The zero-order chi connectivity index (χ0) is 20.5. The Kier molecular flexibility index (Phi) is 4.80. The molecule has 1 fully saturated rings. The van der Waals surface area contributed by atoms with E-state index in [9.17, 15) is 14.4 Å². The number of para-hydroxylation sites is 1. The molecule has 0 aliphatic carbocycles. The van der Waals surface area contributed by atoms with E-state index in [0.717, 1.165) is 16.8 Å². The molecule has 1 saturated heterocycles. The van der Waals surface area contributed by atoms with Crippen molar-refractivity contribution in [3.05, 3.63) is 59.7 Å². The minimum Gasteiger partial charge on any atom is -0.442 e. The van der Waals surface area contributed by atoms with Crippen LogP contribution in [0.25, 0.3) is 11.6 Å². The Morgan fingerprint density at radius 1 is 1.17 bits per heavy atom. The number of carbonyl (C=O) groups is 3. The van der Waals surface area contributed by atoms with E-state index in [2.05, 4.69) is 5.32 Å². The van der Waals surface area contributed by atoms with Crippen molar-refractivity contribution in [2.45, 2.75) is 13.0 Å². The highest BCUT2D eigenvalue weighted by atomic mass is 16.6. The van der Waals surface area contributed by atoms with Gasteiger partial charge in [-0.15, -0.1) is 0 Å². The second-order valence-corrected chi connectivity index (χ2v) is 7.08. The second-order valence-electron chi connectivity index (χ2n) is 7.08. The smallest absolute Gasteiger partial charge is 0.414 e. The molecule has 0 bridgehead atoms. The lowest BCUT2D eigenvalue weighted by Gasteiger charge is -2.13. The summed E-state index contributed by atoms with van der Waals surface area (Å²) >= 11 is 0. The van der Waals surface area contributed by atoms with Crippen LogP contribution < -0.4 is 15.1 Å². The third kappa shape index (κ3) is 3.59. The molecule has 2 aromatic rings. The average molecular weight is 391 g/mol. The quantitative estimate of drug-likeness (QED) is 0.813. The van der Waals surface area contributed by atoms with Gasteiger partial charge >= 0.3 is 6.09 Å². The monoisotopic (exact) mass is 391 g/mol. The van der Waals surface area contributed by atoms with Crippen molar-refractivity contribution >= 4 is 40.9 Å². The number of hydrogen-bond donors (Lipinski definition) is 1. The fraction of sp³-hybridized carbons (Fsp3) is 0.227. The summed E-state index contributed by atoms with van der Waals surface area (Å²) in [6, 6.07) is 15.1. The van der Waals surface area contributed by atoms with Crippen LogP contribution in [-0.2, 0) is 14.3 Å². The molecule has 2 heterocycles. The number of benzene rings is 2. The van der Waals surface area contributed by atoms with Crippen LogP contribution in [-0.4, -0.2) is 44.1 Å². The molecule has 1 N–H and O–H groups in total. The molecule has 148 valence electrons. The van der Waals surface area contributed by atoms with Crippen LogP contribution in [0.1, 0.15) is 18.1 Å². The Hall–Kier alpha value is -3.61. The average Bonchev–Trinajstić information content (AvgIpc) is 3.20. The van der Waals surface area contributed by atoms with Gasteiger partial charge in [0.05, 0.1) is 18.8 Å². The molecule has 2 aliphatic heterocycles. The third-order valence-electron chi connectivity index (χ3n) is 5.06. The van der Waals surface area contributed by atoms with Crippen molar-refractivity contribution in [2.24, 2.45) is 0 Å². The summed E-state index contributed by atoms with van der Waals surface area (Å²) in [5, 5.41) is 2.66. The standard InChI is InChI=1S/C22H21N3O4/c1-14(26)23-12-17-13-25(22(28)29-17)16-9-7-15(8-10-16)11-19-18-5-3-4-6-20(18)24(2)21(19)27/h3-11,17H,12-13H2,1-2H3,(H,23,26)/t17-/m0/s1. The van der Waals surface area contributed by atoms with Crippen molar-refractivity contribution in [2.75, 3.05) is 29.9 Å². The van der Waals surface area contributed by atoms with Crippen LogP contribution in [0, 0.1) is 0 Å². The molecular formula is C22H21N3O4. The Morgan fingerprint density at radius 3 is 2.62 bits per heavy atom. The number of amides is 3. The maximum atomic E-state index is 12.6. The number of anilines is 2. The minimum absolute atomic E-state index is 0.0424. The SMILES string of the molecule is CC(=O)NC[C@H]1CN(c2ccc(C=C3C(=O)N(C)c4ccccc43)cc2)C(=O)O1. The van der Waals surface area contributed by atoms with Crippen LogP contribution in [0.15, 0.2) is 48.5 Å². The van der Waals surface area contributed by atoms with Gasteiger partial charge in [0.1, 0.15) is 6.10 Å². The maximum Gasteiger partial charge on any atom is 0.414 e. The van der Waals surface area contributed by atoms with Crippen LogP contribution in [0.5, 0.6) is 0 Å². The minimum atomic E-state index is -0.437. The van der Waals surface area contributed by atoms with Gasteiger partial charge in [0.15, 0.2) is 0 Å². The Morgan fingerprint density at radius 2 is 1.90 bits per heavy atom. The molecule has 7 nitrogen and oxygen atoms in total. The molecule has 3 amide bonds.